The molecule has 9 nitrogen and oxygen atoms in total. The summed E-state index contributed by atoms with van der Waals surface area (Å²) in [6, 6.07) is 15.1. The average Bonchev–Trinajstić information content (AvgIpc) is 2.74. The number of aromatic amines is 1. The van der Waals surface area contributed by atoms with Crippen LogP contribution >= 0.6 is 12.2 Å². The molecule has 3 amide bonds. The Morgan fingerprint density at radius 3 is 2.35 bits per heavy atom. The van der Waals surface area contributed by atoms with Crippen LogP contribution in [0.4, 0.5) is 4.79 Å². The zero-order valence-corrected chi connectivity index (χ0v) is 16.6. The van der Waals surface area contributed by atoms with E-state index in [4.69, 9.17) is 17.0 Å². The molecule has 2 heterocycles. The second kappa shape index (κ2) is 8.20. The van der Waals surface area contributed by atoms with Crippen LogP contribution in [-0.2, 0) is 4.79 Å². The summed E-state index contributed by atoms with van der Waals surface area (Å²) in [6.07, 6.45) is 2.14. The number of urea groups is 1. The highest BCUT2D eigenvalue weighted by molar-refractivity contribution is 7.71. The first-order valence-electron chi connectivity index (χ1n) is 8.95. The van der Waals surface area contributed by atoms with Crippen molar-refractivity contribution in [2.75, 3.05) is 0 Å². The number of aliphatic imine (C=N–C) groups is 1. The van der Waals surface area contributed by atoms with Gasteiger partial charge in [0.05, 0.1) is 11.3 Å². The molecule has 2 aromatic carbocycles. The number of aromatic nitrogens is 2. The molecule has 0 aliphatic carbocycles. The van der Waals surface area contributed by atoms with Crippen molar-refractivity contribution in [3.05, 3.63) is 80.9 Å². The highest BCUT2D eigenvalue weighted by Crippen LogP contribution is 2.25. The highest BCUT2D eigenvalue weighted by Gasteiger charge is 2.19. The van der Waals surface area contributed by atoms with Crippen molar-refractivity contribution in [2.24, 2.45) is 4.99 Å². The number of carbonyl (C=O) groups excluding carboxylic acids is 2. The number of ether oxygens (including phenoxy) is 1. The quantitative estimate of drug-likeness (QED) is 0.428. The van der Waals surface area contributed by atoms with E-state index in [2.05, 4.69) is 9.98 Å². The number of benzene rings is 2. The largest absolute Gasteiger partial charge is 0.494 e. The van der Waals surface area contributed by atoms with E-state index in [1.807, 2.05) is 35.6 Å². The van der Waals surface area contributed by atoms with Crippen LogP contribution in [0.5, 0.6) is 17.4 Å². The normalized spacial score (nSPS) is 14.5. The summed E-state index contributed by atoms with van der Waals surface area (Å²) in [4.78, 5) is 41.3. The van der Waals surface area contributed by atoms with Crippen LogP contribution in [-0.4, -0.2) is 32.8 Å². The second-order valence-electron chi connectivity index (χ2n) is 6.36. The summed E-state index contributed by atoms with van der Waals surface area (Å²) in [6.45, 7) is 0. The van der Waals surface area contributed by atoms with Gasteiger partial charge in [0.15, 0.2) is 4.77 Å². The molecule has 0 radical (unpaired) electrons. The number of H-pyrrole nitrogens is 1. The third-order valence-corrected chi connectivity index (χ3v) is 4.58. The zero-order valence-electron chi connectivity index (χ0n) is 15.7. The van der Waals surface area contributed by atoms with E-state index in [1.54, 1.807) is 24.3 Å². The van der Waals surface area contributed by atoms with Crippen molar-refractivity contribution >= 4 is 36.4 Å². The summed E-state index contributed by atoms with van der Waals surface area (Å²) in [5, 5.41) is 12.7. The van der Waals surface area contributed by atoms with Crippen molar-refractivity contribution in [1.82, 2.24) is 14.9 Å². The third kappa shape index (κ3) is 4.19. The molecule has 4 rings (SSSR count). The number of carbonyl (C=O) groups is 2. The Balaban J connectivity index is 1.72. The summed E-state index contributed by atoms with van der Waals surface area (Å²) < 4.78 is 6.93. The van der Waals surface area contributed by atoms with Crippen LogP contribution < -0.4 is 15.6 Å². The van der Waals surface area contributed by atoms with Gasteiger partial charge in [-0.2, -0.15) is 0 Å². The maximum Gasteiger partial charge on any atom is 0.347 e. The number of amides is 3. The Labute approximate surface area is 180 Å². The number of hydrogen-bond acceptors (Lipinski definition) is 6. The van der Waals surface area contributed by atoms with Gasteiger partial charge in [-0.3, -0.25) is 24.5 Å². The van der Waals surface area contributed by atoms with Gasteiger partial charge in [-0.25, -0.2) is 9.79 Å². The monoisotopic (exact) mass is 434 g/mol. The summed E-state index contributed by atoms with van der Waals surface area (Å²) in [5.74, 6) is 0.0114. The molecular formula is C21H14N4O5S. The third-order valence-electron chi connectivity index (χ3n) is 4.30. The molecule has 0 fully saturated rings. The molecule has 0 atom stereocenters. The first-order chi connectivity index (χ1) is 14.9. The Morgan fingerprint density at radius 2 is 1.68 bits per heavy atom. The van der Waals surface area contributed by atoms with Gasteiger partial charge in [0.1, 0.15) is 17.1 Å². The van der Waals surface area contributed by atoms with Crippen LogP contribution in [0.2, 0.25) is 0 Å². The second-order valence-corrected chi connectivity index (χ2v) is 6.74. The van der Waals surface area contributed by atoms with E-state index < -0.39 is 23.4 Å². The molecule has 0 unspecified atom stereocenters. The lowest BCUT2D eigenvalue weighted by molar-refractivity contribution is -0.115. The van der Waals surface area contributed by atoms with E-state index in [1.165, 1.54) is 4.57 Å². The van der Waals surface area contributed by atoms with Crippen LogP contribution in [0.25, 0.3) is 11.8 Å². The number of hydrogen-bond donors (Lipinski definition) is 3. The first-order valence-corrected chi connectivity index (χ1v) is 9.36. The van der Waals surface area contributed by atoms with Gasteiger partial charge < -0.3 is 9.84 Å². The topological polar surface area (TPSA) is 126 Å². The summed E-state index contributed by atoms with van der Waals surface area (Å²) in [7, 11) is 0. The van der Waals surface area contributed by atoms with E-state index in [9.17, 15) is 19.5 Å². The van der Waals surface area contributed by atoms with Crippen molar-refractivity contribution < 1.29 is 19.4 Å². The van der Waals surface area contributed by atoms with Crippen molar-refractivity contribution in [3.8, 4) is 23.1 Å². The smallest absolute Gasteiger partial charge is 0.347 e. The lowest BCUT2D eigenvalue weighted by atomic mass is 10.1. The SMILES string of the molecule is O=C1N=CC(=Cc2c(O)n(-c3ccc(Oc4ccccc4)cc3)c(=S)[nH]c2=O)C(=O)N1. The van der Waals surface area contributed by atoms with Gasteiger partial charge in [0, 0.05) is 6.21 Å². The minimum absolute atomic E-state index is 0.0432. The van der Waals surface area contributed by atoms with Crippen molar-refractivity contribution in [1.29, 1.82) is 0 Å². The number of nitrogens with zero attached hydrogens (tertiary/aromatic N) is 2. The molecule has 1 aliphatic rings. The van der Waals surface area contributed by atoms with E-state index >= 15 is 0 Å². The Hall–Kier alpha value is -4.31. The Kier molecular flexibility index (Phi) is 5.29. The maximum absolute atomic E-state index is 12.3. The fourth-order valence-corrected chi connectivity index (χ4v) is 3.13. The first kappa shape index (κ1) is 20.0. The van der Waals surface area contributed by atoms with E-state index in [0.29, 0.717) is 17.2 Å². The summed E-state index contributed by atoms with van der Waals surface area (Å²) >= 11 is 5.19. The number of aromatic hydroxyl groups is 1. The van der Waals surface area contributed by atoms with Crippen LogP contribution in [0.3, 0.4) is 0 Å². The molecule has 154 valence electrons. The van der Waals surface area contributed by atoms with Crippen molar-refractivity contribution in [2.45, 2.75) is 0 Å². The minimum Gasteiger partial charge on any atom is -0.494 e. The van der Waals surface area contributed by atoms with Gasteiger partial charge in [0.25, 0.3) is 11.5 Å². The Bertz CT molecular complexity index is 1360. The van der Waals surface area contributed by atoms with Crippen LogP contribution in [0.15, 0.2) is 70.0 Å². The molecule has 1 aromatic heterocycles. The number of para-hydroxylation sites is 1. The average molecular weight is 434 g/mol. The molecule has 0 bridgehead atoms. The predicted molar refractivity (Wildman–Crippen MR) is 115 cm³/mol. The van der Waals surface area contributed by atoms with Gasteiger partial charge in [-0.1, -0.05) is 18.2 Å². The fraction of sp³-hybridized carbons (Fsp3) is 0. The highest BCUT2D eigenvalue weighted by atomic mass is 32.1. The lowest BCUT2D eigenvalue weighted by Gasteiger charge is -2.13. The maximum atomic E-state index is 12.3. The number of imide groups is 1. The minimum atomic E-state index is -0.811. The predicted octanol–water partition coefficient (Wildman–Crippen LogP) is 3.10. The van der Waals surface area contributed by atoms with Crippen LogP contribution in [0, 0.1) is 4.77 Å². The molecule has 1 aliphatic heterocycles. The molecule has 0 spiro atoms. The Morgan fingerprint density at radius 1 is 1.00 bits per heavy atom. The molecule has 10 heteroatoms. The van der Waals surface area contributed by atoms with Crippen molar-refractivity contribution in [3.63, 3.8) is 0 Å². The molecule has 0 saturated carbocycles. The molecule has 31 heavy (non-hydrogen) atoms. The van der Waals surface area contributed by atoms with Gasteiger partial charge in [-0.05, 0) is 54.7 Å². The molecular weight excluding hydrogens is 420 g/mol. The number of rotatable bonds is 4. The van der Waals surface area contributed by atoms with Gasteiger partial charge in [-0.15, -0.1) is 0 Å². The van der Waals surface area contributed by atoms with Gasteiger partial charge in [0.2, 0.25) is 5.88 Å². The molecule has 0 saturated heterocycles. The summed E-state index contributed by atoms with van der Waals surface area (Å²) in [5.41, 5.74) is -0.538. The van der Waals surface area contributed by atoms with E-state index in [-0.39, 0.29) is 15.9 Å². The fourth-order valence-electron chi connectivity index (χ4n) is 2.84. The van der Waals surface area contributed by atoms with Crippen LogP contribution in [0.1, 0.15) is 5.56 Å². The number of nitrogens with one attached hydrogen (secondary N) is 2. The zero-order chi connectivity index (χ0) is 22.0. The molecule has 3 N–H and O–H groups in total. The molecule has 3 aromatic rings. The van der Waals surface area contributed by atoms with E-state index in [0.717, 1.165) is 12.3 Å². The van der Waals surface area contributed by atoms with Gasteiger partial charge >= 0.3 is 6.03 Å². The lowest BCUT2D eigenvalue weighted by Crippen LogP contribution is -2.33. The standard InChI is InChI=1S/C21H14N4O5S/c26-17-12(11-22-20(29)23-17)10-16-18(27)24-21(31)25(19(16)28)13-6-8-15(9-7-13)30-14-4-2-1-3-5-14/h1-11,28H,(H,23,26,29)(H,24,27,31).